The number of aryl methyl sites for hydroxylation is 2. The number of carbonyl (C=O) groups excluding carboxylic acids is 1. The lowest BCUT2D eigenvalue weighted by molar-refractivity contribution is 0.0921. The number of piperidine rings is 1. The predicted molar refractivity (Wildman–Crippen MR) is 107 cm³/mol. The van der Waals surface area contributed by atoms with Crippen molar-refractivity contribution in [1.82, 2.24) is 10.6 Å². The van der Waals surface area contributed by atoms with Crippen molar-refractivity contribution in [2.45, 2.75) is 45.7 Å². The van der Waals surface area contributed by atoms with Gasteiger partial charge < -0.3 is 10.6 Å². The maximum atomic E-state index is 14.5. The summed E-state index contributed by atoms with van der Waals surface area (Å²) in [5.74, 6) is -0.807. The maximum Gasteiger partial charge on any atom is 0.254 e. The molecule has 1 saturated heterocycles. The number of carbonyl (C=O) groups is 1. The number of amides is 1. The molecular formula is C21H26ClFN2O. The molecule has 140 valence electrons. The molecule has 0 saturated carbocycles. The largest absolute Gasteiger partial charge is 0.349 e. The van der Waals surface area contributed by atoms with Crippen LogP contribution < -0.4 is 10.6 Å². The van der Waals surface area contributed by atoms with Crippen LogP contribution in [0.3, 0.4) is 0 Å². The molecule has 1 fully saturated rings. The molecule has 2 N–H and O–H groups in total. The van der Waals surface area contributed by atoms with E-state index >= 15 is 0 Å². The van der Waals surface area contributed by atoms with Crippen LogP contribution in [0.15, 0.2) is 36.4 Å². The summed E-state index contributed by atoms with van der Waals surface area (Å²) >= 11 is 0. The highest BCUT2D eigenvalue weighted by molar-refractivity contribution is 5.95. The smallest absolute Gasteiger partial charge is 0.254 e. The SMILES string of the molecule is Cc1ccc(-c2ccc(C(=O)NC3CCNC(C)C3)c(F)c2)cc1C.Cl. The molecule has 1 heterocycles. The molecule has 2 unspecified atom stereocenters. The monoisotopic (exact) mass is 376 g/mol. The number of rotatable bonds is 3. The van der Waals surface area contributed by atoms with Crippen LogP contribution in [0.5, 0.6) is 0 Å². The molecular weight excluding hydrogens is 351 g/mol. The highest BCUT2D eigenvalue weighted by Crippen LogP contribution is 2.24. The zero-order valence-electron chi connectivity index (χ0n) is 15.4. The van der Waals surface area contributed by atoms with Gasteiger partial charge in [0.2, 0.25) is 0 Å². The first-order chi connectivity index (χ1) is 11.9. The minimum absolute atomic E-state index is 0. The number of hydrogen-bond donors (Lipinski definition) is 2. The summed E-state index contributed by atoms with van der Waals surface area (Å²) in [6.07, 6.45) is 1.74. The van der Waals surface area contributed by atoms with Crippen molar-refractivity contribution in [3.8, 4) is 11.1 Å². The predicted octanol–water partition coefficient (Wildman–Crippen LogP) is 4.40. The second kappa shape index (κ2) is 8.65. The molecule has 0 radical (unpaired) electrons. The van der Waals surface area contributed by atoms with Crippen LogP contribution in [0.4, 0.5) is 4.39 Å². The second-order valence-corrected chi connectivity index (χ2v) is 7.04. The van der Waals surface area contributed by atoms with Crippen LogP contribution in [-0.2, 0) is 0 Å². The van der Waals surface area contributed by atoms with Gasteiger partial charge in [-0.05, 0) is 74.5 Å². The normalized spacial score (nSPS) is 19.5. The Balaban J connectivity index is 0.00000243. The standard InChI is InChI=1S/C21H25FN2O.ClH/c1-13-4-5-16(10-14(13)2)17-6-7-19(20(22)12-17)21(25)24-18-8-9-23-15(3)11-18;/h4-7,10,12,15,18,23H,8-9,11H2,1-3H3,(H,24,25);1H. The van der Waals surface area contributed by atoms with E-state index in [9.17, 15) is 9.18 Å². The van der Waals surface area contributed by atoms with Crippen LogP contribution in [-0.4, -0.2) is 24.5 Å². The summed E-state index contributed by atoms with van der Waals surface area (Å²) in [5.41, 5.74) is 4.23. The fraction of sp³-hybridized carbons (Fsp3) is 0.381. The maximum absolute atomic E-state index is 14.5. The first kappa shape index (κ1) is 20.4. The molecule has 3 nitrogen and oxygen atoms in total. The van der Waals surface area contributed by atoms with Crippen LogP contribution in [0, 0.1) is 19.7 Å². The molecule has 2 aromatic carbocycles. The van der Waals surface area contributed by atoms with Gasteiger partial charge in [0.1, 0.15) is 5.82 Å². The Morgan fingerprint density at radius 1 is 1.12 bits per heavy atom. The molecule has 1 amide bonds. The number of benzene rings is 2. The van der Waals surface area contributed by atoms with Gasteiger partial charge in [-0.2, -0.15) is 0 Å². The van der Waals surface area contributed by atoms with Crippen molar-refractivity contribution in [2.75, 3.05) is 6.54 Å². The van der Waals surface area contributed by atoms with Gasteiger partial charge >= 0.3 is 0 Å². The topological polar surface area (TPSA) is 41.1 Å². The van der Waals surface area contributed by atoms with E-state index < -0.39 is 5.82 Å². The molecule has 5 heteroatoms. The van der Waals surface area contributed by atoms with Gasteiger partial charge in [0, 0.05) is 12.1 Å². The molecule has 0 spiro atoms. The van der Waals surface area contributed by atoms with Gasteiger partial charge in [0.15, 0.2) is 0 Å². The zero-order valence-corrected chi connectivity index (χ0v) is 16.3. The lowest BCUT2D eigenvalue weighted by atomic mass is 9.98. The third-order valence-corrected chi connectivity index (χ3v) is 5.01. The number of nitrogens with one attached hydrogen (secondary N) is 2. The molecule has 0 aromatic heterocycles. The van der Waals surface area contributed by atoms with Crippen molar-refractivity contribution in [2.24, 2.45) is 0 Å². The van der Waals surface area contributed by atoms with Crippen LogP contribution in [0.25, 0.3) is 11.1 Å². The summed E-state index contributed by atoms with van der Waals surface area (Å²) in [7, 11) is 0. The first-order valence-corrected chi connectivity index (χ1v) is 8.85. The van der Waals surface area contributed by atoms with Gasteiger partial charge in [0.25, 0.3) is 5.91 Å². The van der Waals surface area contributed by atoms with Gasteiger partial charge in [0.05, 0.1) is 5.56 Å². The average molecular weight is 377 g/mol. The van der Waals surface area contributed by atoms with E-state index in [1.165, 1.54) is 17.2 Å². The fourth-order valence-corrected chi connectivity index (χ4v) is 3.33. The van der Waals surface area contributed by atoms with Crippen LogP contribution in [0.1, 0.15) is 41.3 Å². The Hall–Kier alpha value is -1.91. The van der Waals surface area contributed by atoms with E-state index in [2.05, 4.69) is 24.5 Å². The van der Waals surface area contributed by atoms with Crippen molar-refractivity contribution < 1.29 is 9.18 Å². The molecule has 3 rings (SSSR count). The summed E-state index contributed by atoms with van der Waals surface area (Å²) in [6, 6.07) is 11.4. The van der Waals surface area contributed by atoms with Crippen molar-refractivity contribution in [1.29, 1.82) is 0 Å². The summed E-state index contributed by atoms with van der Waals surface area (Å²) in [4.78, 5) is 12.4. The van der Waals surface area contributed by atoms with Crippen molar-refractivity contribution in [3.05, 3.63) is 58.9 Å². The van der Waals surface area contributed by atoms with Crippen LogP contribution >= 0.6 is 12.4 Å². The van der Waals surface area contributed by atoms with E-state index in [0.717, 1.165) is 30.5 Å². The number of halogens is 2. The van der Waals surface area contributed by atoms with E-state index in [0.29, 0.717) is 6.04 Å². The Bertz CT molecular complexity index is 794. The lowest BCUT2D eigenvalue weighted by Gasteiger charge is -2.28. The average Bonchev–Trinajstić information content (AvgIpc) is 2.57. The Kier molecular flexibility index (Phi) is 6.79. The van der Waals surface area contributed by atoms with E-state index in [4.69, 9.17) is 0 Å². The second-order valence-electron chi connectivity index (χ2n) is 7.04. The van der Waals surface area contributed by atoms with Gasteiger partial charge in [-0.15, -0.1) is 12.4 Å². The Morgan fingerprint density at radius 3 is 2.46 bits per heavy atom. The van der Waals surface area contributed by atoms with Crippen molar-refractivity contribution in [3.63, 3.8) is 0 Å². The molecule has 1 aliphatic rings. The summed E-state index contributed by atoms with van der Waals surface area (Å²) in [6.45, 7) is 7.06. The third-order valence-electron chi connectivity index (χ3n) is 5.01. The van der Waals surface area contributed by atoms with Crippen molar-refractivity contribution >= 4 is 18.3 Å². The molecule has 1 aliphatic heterocycles. The molecule has 2 aromatic rings. The Morgan fingerprint density at radius 2 is 1.81 bits per heavy atom. The Labute approximate surface area is 160 Å². The van der Waals surface area contributed by atoms with Gasteiger partial charge in [-0.1, -0.05) is 24.3 Å². The molecule has 0 bridgehead atoms. The molecule has 2 atom stereocenters. The van der Waals surface area contributed by atoms with Crippen LogP contribution in [0.2, 0.25) is 0 Å². The minimum Gasteiger partial charge on any atom is -0.349 e. The highest BCUT2D eigenvalue weighted by Gasteiger charge is 2.22. The first-order valence-electron chi connectivity index (χ1n) is 8.85. The molecule has 0 aliphatic carbocycles. The van der Waals surface area contributed by atoms with Gasteiger partial charge in [-0.25, -0.2) is 4.39 Å². The highest BCUT2D eigenvalue weighted by atomic mass is 35.5. The van der Waals surface area contributed by atoms with E-state index in [1.807, 2.05) is 31.2 Å². The minimum atomic E-state index is -0.477. The van der Waals surface area contributed by atoms with E-state index in [1.54, 1.807) is 6.07 Å². The fourth-order valence-electron chi connectivity index (χ4n) is 3.33. The third kappa shape index (κ3) is 4.63. The number of hydrogen-bond acceptors (Lipinski definition) is 2. The summed E-state index contributed by atoms with van der Waals surface area (Å²) in [5, 5.41) is 6.31. The van der Waals surface area contributed by atoms with E-state index in [-0.39, 0.29) is 29.9 Å². The molecule has 26 heavy (non-hydrogen) atoms. The summed E-state index contributed by atoms with van der Waals surface area (Å²) < 4.78 is 14.5. The quantitative estimate of drug-likeness (QED) is 0.833. The van der Waals surface area contributed by atoms with Gasteiger partial charge in [-0.3, -0.25) is 4.79 Å². The zero-order chi connectivity index (χ0) is 18.0. The lowest BCUT2D eigenvalue weighted by Crippen LogP contribution is -2.46.